The summed E-state index contributed by atoms with van der Waals surface area (Å²) in [6, 6.07) is 4.39. The third kappa shape index (κ3) is 2.64. The van der Waals surface area contributed by atoms with Gasteiger partial charge < -0.3 is 10.1 Å². The first-order chi connectivity index (χ1) is 9.36. The second-order valence-corrected chi connectivity index (χ2v) is 4.42. The van der Waals surface area contributed by atoms with Gasteiger partial charge in [-0.2, -0.15) is 13.2 Å². The van der Waals surface area contributed by atoms with Crippen molar-refractivity contribution in [3.05, 3.63) is 29.5 Å². The fraction of sp³-hybridized carbons (Fsp3) is 0.357. The highest BCUT2D eigenvalue weighted by molar-refractivity contribution is 5.94. The Hall–Kier alpha value is -1.98. The Balaban J connectivity index is 2.78. The SMILES string of the molecule is CCNc1cc(C(F)(F)F)nc2c(C)cc(OC)cc12. The van der Waals surface area contributed by atoms with E-state index in [-0.39, 0.29) is 0 Å². The van der Waals surface area contributed by atoms with Gasteiger partial charge in [0.15, 0.2) is 0 Å². The molecular formula is C14H15F3N2O. The number of hydrogen-bond acceptors (Lipinski definition) is 3. The molecule has 1 aromatic heterocycles. The van der Waals surface area contributed by atoms with Crippen LogP contribution in [0.25, 0.3) is 10.9 Å². The van der Waals surface area contributed by atoms with Crippen molar-refractivity contribution in [2.45, 2.75) is 20.0 Å². The summed E-state index contributed by atoms with van der Waals surface area (Å²) in [6.07, 6.45) is -4.47. The van der Waals surface area contributed by atoms with Crippen molar-refractivity contribution in [2.24, 2.45) is 0 Å². The van der Waals surface area contributed by atoms with Crippen LogP contribution < -0.4 is 10.1 Å². The third-order valence-electron chi connectivity index (χ3n) is 2.97. The molecule has 0 aliphatic carbocycles. The number of nitrogens with zero attached hydrogens (tertiary/aromatic N) is 1. The highest BCUT2D eigenvalue weighted by Gasteiger charge is 2.33. The Morgan fingerprint density at radius 2 is 1.95 bits per heavy atom. The van der Waals surface area contributed by atoms with Crippen molar-refractivity contribution in [3.63, 3.8) is 0 Å². The molecule has 1 N–H and O–H groups in total. The Morgan fingerprint density at radius 1 is 1.25 bits per heavy atom. The standard InChI is InChI=1S/C14H15F3N2O/c1-4-18-11-7-12(14(15,16)17)19-13-8(2)5-9(20-3)6-10(11)13/h5-7H,4H2,1-3H3,(H,18,19). The van der Waals surface area contributed by atoms with Crippen LogP contribution in [0.1, 0.15) is 18.2 Å². The number of hydrogen-bond donors (Lipinski definition) is 1. The van der Waals surface area contributed by atoms with E-state index in [4.69, 9.17) is 4.74 Å². The smallest absolute Gasteiger partial charge is 0.433 e. The van der Waals surface area contributed by atoms with Gasteiger partial charge in [-0.3, -0.25) is 0 Å². The van der Waals surface area contributed by atoms with Gasteiger partial charge in [0.25, 0.3) is 0 Å². The minimum Gasteiger partial charge on any atom is -0.497 e. The molecule has 3 nitrogen and oxygen atoms in total. The number of halogens is 3. The quantitative estimate of drug-likeness (QED) is 0.925. The van der Waals surface area contributed by atoms with Gasteiger partial charge in [0.2, 0.25) is 0 Å². The van der Waals surface area contributed by atoms with Crippen LogP contribution in [0.4, 0.5) is 18.9 Å². The average Bonchev–Trinajstić information content (AvgIpc) is 2.38. The zero-order valence-electron chi connectivity index (χ0n) is 11.4. The van der Waals surface area contributed by atoms with Crippen LogP contribution in [0.3, 0.4) is 0 Å². The molecule has 20 heavy (non-hydrogen) atoms. The summed E-state index contributed by atoms with van der Waals surface area (Å²) in [5, 5.41) is 3.57. The molecule has 0 spiro atoms. The summed E-state index contributed by atoms with van der Waals surface area (Å²) in [5.74, 6) is 0.593. The summed E-state index contributed by atoms with van der Waals surface area (Å²) in [5.41, 5.74) is 0.488. The van der Waals surface area contributed by atoms with E-state index >= 15 is 0 Å². The Labute approximate surface area is 114 Å². The van der Waals surface area contributed by atoms with Crippen LogP contribution in [0.15, 0.2) is 18.2 Å². The number of rotatable bonds is 3. The molecular weight excluding hydrogens is 269 g/mol. The van der Waals surface area contributed by atoms with E-state index in [2.05, 4.69) is 10.3 Å². The Kier molecular flexibility index (Phi) is 3.74. The number of aryl methyl sites for hydroxylation is 1. The number of benzene rings is 1. The van der Waals surface area contributed by atoms with Gasteiger partial charge in [-0.25, -0.2) is 4.98 Å². The van der Waals surface area contributed by atoms with Crippen molar-refractivity contribution < 1.29 is 17.9 Å². The fourth-order valence-electron chi connectivity index (χ4n) is 2.07. The lowest BCUT2D eigenvalue weighted by Gasteiger charge is -2.14. The molecule has 1 aromatic carbocycles. The second kappa shape index (κ2) is 5.19. The molecule has 0 bridgehead atoms. The summed E-state index contributed by atoms with van der Waals surface area (Å²) in [7, 11) is 1.52. The van der Waals surface area contributed by atoms with E-state index in [9.17, 15) is 13.2 Å². The van der Waals surface area contributed by atoms with Crippen molar-refractivity contribution in [3.8, 4) is 5.75 Å². The summed E-state index contributed by atoms with van der Waals surface area (Å²) in [4.78, 5) is 3.74. The fourth-order valence-corrected chi connectivity index (χ4v) is 2.07. The Bertz CT molecular complexity index is 638. The van der Waals surface area contributed by atoms with Crippen LogP contribution >= 0.6 is 0 Å². The number of anilines is 1. The maximum absolute atomic E-state index is 12.9. The van der Waals surface area contributed by atoms with E-state index in [1.54, 1.807) is 19.1 Å². The highest BCUT2D eigenvalue weighted by Crippen LogP contribution is 2.35. The van der Waals surface area contributed by atoms with Gasteiger partial charge in [0, 0.05) is 17.6 Å². The molecule has 0 saturated carbocycles. The molecule has 0 amide bonds. The number of ether oxygens (including phenoxy) is 1. The molecule has 0 fully saturated rings. The zero-order valence-corrected chi connectivity index (χ0v) is 11.4. The molecule has 0 unspecified atom stereocenters. The van der Waals surface area contributed by atoms with E-state index < -0.39 is 11.9 Å². The van der Waals surface area contributed by atoms with Gasteiger partial charge in [-0.15, -0.1) is 0 Å². The first-order valence-corrected chi connectivity index (χ1v) is 6.17. The maximum Gasteiger partial charge on any atom is 0.433 e. The van der Waals surface area contributed by atoms with Crippen molar-refractivity contribution in [2.75, 3.05) is 19.0 Å². The molecule has 108 valence electrons. The molecule has 2 rings (SSSR count). The van der Waals surface area contributed by atoms with Crippen LogP contribution in [0, 0.1) is 6.92 Å². The number of fused-ring (bicyclic) bond motifs is 1. The molecule has 0 aliphatic rings. The number of alkyl halides is 3. The number of pyridine rings is 1. The number of methoxy groups -OCH3 is 1. The third-order valence-corrected chi connectivity index (χ3v) is 2.97. The molecule has 6 heteroatoms. The lowest BCUT2D eigenvalue weighted by Crippen LogP contribution is -2.10. The Morgan fingerprint density at radius 3 is 2.50 bits per heavy atom. The zero-order chi connectivity index (χ0) is 14.9. The van der Waals surface area contributed by atoms with Crippen molar-refractivity contribution in [1.82, 2.24) is 4.98 Å². The van der Waals surface area contributed by atoms with Crippen LogP contribution in [0.5, 0.6) is 5.75 Å². The average molecular weight is 284 g/mol. The minimum absolute atomic E-state index is 0.330. The molecule has 0 radical (unpaired) electrons. The minimum atomic E-state index is -4.47. The topological polar surface area (TPSA) is 34.2 Å². The second-order valence-electron chi connectivity index (χ2n) is 4.42. The lowest BCUT2D eigenvalue weighted by atomic mass is 10.1. The molecule has 0 saturated heterocycles. The number of nitrogens with one attached hydrogen (secondary N) is 1. The van der Waals surface area contributed by atoms with E-state index in [1.807, 2.05) is 6.92 Å². The van der Waals surface area contributed by atoms with Gasteiger partial charge in [-0.05, 0) is 37.6 Å². The summed E-state index contributed by atoms with van der Waals surface area (Å²) < 4.78 is 43.9. The molecule has 0 aliphatic heterocycles. The van der Waals surface area contributed by atoms with E-state index in [0.29, 0.717) is 34.4 Å². The van der Waals surface area contributed by atoms with Crippen molar-refractivity contribution in [1.29, 1.82) is 0 Å². The largest absolute Gasteiger partial charge is 0.497 e. The van der Waals surface area contributed by atoms with E-state index in [0.717, 1.165) is 6.07 Å². The van der Waals surface area contributed by atoms with Gasteiger partial charge in [0.1, 0.15) is 11.4 Å². The first kappa shape index (κ1) is 14.4. The van der Waals surface area contributed by atoms with Crippen LogP contribution in [-0.4, -0.2) is 18.6 Å². The maximum atomic E-state index is 12.9. The summed E-state index contributed by atoms with van der Waals surface area (Å²) >= 11 is 0. The van der Waals surface area contributed by atoms with Gasteiger partial charge >= 0.3 is 6.18 Å². The molecule has 0 atom stereocenters. The van der Waals surface area contributed by atoms with Gasteiger partial charge in [-0.1, -0.05) is 0 Å². The highest BCUT2D eigenvalue weighted by atomic mass is 19.4. The van der Waals surface area contributed by atoms with Crippen LogP contribution in [-0.2, 0) is 6.18 Å². The lowest BCUT2D eigenvalue weighted by molar-refractivity contribution is -0.140. The predicted octanol–water partition coefficient (Wildman–Crippen LogP) is 4.00. The predicted molar refractivity (Wildman–Crippen MR) is 72.2 cm³/mol. The first-order valence-electron chi connectivity index (χ1n) is 6.17. The monoisotopic (exact) mass is 284 g/mol. The van der Waals surface area contributed by atoms with Gasteiger partial charge in [0.05, 0.1) is 12.6 Å². The van der Waals surface area contributed by atoms with Crippen LogP contribution in [0.2, 0.25) is 0 Å². The van der Waals surface area contributed by atoms with E-state index in [1.165, 1.54) is 7.11 Å². The van der Waals surface area contributed by atoms with Crippen molar-refractivity contribution >= 4 is 16.6 Å². The number of aromatic nitrogens is 1. The molecule has 2 aromatic rings. The summed E-state index contributed by atoms with van der Waals surface area (Å²) in [6.45, 7) is 4.06. The normalized spacial score (nSPS) is 11.7. The molecule has 1 heterocycles.